The molecule has 0 aliphatic heterocycles. The first-order valence-electron chi connectivity index (χ1n) is 5.26. The highest BCUT2D eigenvalue weighted by Gasteiger charge is 2.13. The van der Waals surface area contributed by atoms with Gasteiger partial charge in [-0.25, -0.2) is 0 Å². The van der Waals surface area contributed by atoms with Gasteiger partial charge in [-0.3, -0.25) is 0 Å². The van der Waals surface area contributed by atoms with Crippen LogP contribution in [0.15, 0.2) is 0 Å². The van der Waals surface area contributed by atoms with Gasteiger partial charge in [0.15, 0.2) is 0 Å². The maximum atomic E-state index is 2.38. The van der Waals surface area contributed by atoms with Crippen LogP contribution >= 0.6 is 0 Å². The summed E-state index contributed by atoms with van der Waals surface area (Å²) in [6, 6.07) is 0. The number of nitrogens with zero attached hydrogens (tertiary/aromatic N) is 1. The summed E-state index contributed by atoms with van der Waals surface area (Å²) in [4.78, 5) is 2.28. The Morgan fingerprint density at radius 1 is 1.08 bits per heavy atom. The lowest BCUT2D eigenvalue weighted by atomic mass is 9.87. The molecule has 0 N–H and O–H groups in total. The molecule has 0 spiro atoms. The Morgan fingerprint density at radius 3 is 2.00 bits per heavy atom. The zero-order valence-electron chi connectivity index (χ0n) is 9.43. The Balaban J connectivity index is 3.67. The minimum atomic E-state index is 0.898. The predicted octanol–water partition coefficient (Wildman–Crippen LogP) is 3.01. The Kier molecular flexibility index (Phi) is 6.45. The molecule has 1 nitrogen and oxygen atoms in total. The van der Waals surface area contributed by atoms with Gasteiger partial charge in [0, 0.05) is 0 Å². The van der Waals surface area contributed by atoms with Crippen LogP contribution in [-0.2, 0) is 0 Å². The lowest BCUT2D eigenvalue weighted by molar-refractivity contribution is 0.274. The fraction of sp³-hybridized carbons (Fsp3) is 1.00. The van der Waals surface area contributed by atoms with Gasteiger partial charge >= 0.3 is 0 Å². The number of hydrogen-bond acceptors (Lipinski definition) is 1. The molecule has 2 unspecified atom stereocenters. The molecule has 0 rings (SSSR count). The number of hydrogen-bond donors (Lipinski definition) is 0. The van der Waals surface area contributed by atoms with Gasteiger partial charge in [-0.2, -0.15) is 0 Å². The van der Waals surface area contributed by atoms with E-state index in [-0.39, 0.29) is 0 Å². The molecule has 0 aliphatic rings. The summed E-state index contributed by atoms with van der Waals surface area (Å²) >= 11 is 0. The summed E-state index contributed by atoms with van der Waals surface area (Å²) in [6.07, 6.45) is 4.02. The van der Waals surface area contributed by atoms with Crippen molar-refractivity contribution in [3.8, 4) is 0 Å². The lowest BCUT2D eigenvalue weighted by Crippen LogP contribution is -2.19. The second kappa shape index (κ2) is 6.47. The highest BCUT2D eigenvalue weighted by molar-refractivity contribution is 4.65. The third-order valence-electron chi connectivity index (χ3n) is 2.92. The third-order valence-corrected chi connectivity index (χ3v) is 2.92. The normalized spacial score (nSPS) is 16.5. The fourth-order valence-corrected chi connectivity index (χ4v) is 1.65. The van der Waals surface area contributed by atoms with Gasteiger partial charge in [0.25, 0.3) is 0 Å². The quantitative estimate of drug-likeness (QED) is 0.594. The minimum Gasteiger partial charge on any atom is -0.309 e. The van der Waals surface area contributed by atoms with Crippen molar-refractivity contribution >= 4 is 0 Å². The molecule has 12 heavy (non-hydrogen) atoms. The first-order chi connectivity index (χ1) is 5.61. The first kappa shape index (κ1) is 12.0. The molecular formula is C11H25N. The van der Waals surface area contributed by atoms with E-state index in [1.165, 1.54) is 25.8 Å². The van der Waals surface area contributed by atoms with Crippen molar-refractivity contribution in [2.75, 3.05) is 20.6 Å². The molecule has 1 heteroatoms. The Bertz CT molecular complexity index is 99.2. The van der Waals surface area contributed by atoms with Crippen LogP contribution in [0.4, 0.5) is 0 Å². The number of rotatable bonds is 6. The van der Waals surface area contributed by atoms with Crippen molar-refractivity contribution < 1.29 is 0 Å². The van der Waals surface area contributed by atoms with Crippen LogP contribution in [0.5, 0.6) is 0 Å². The summed E-state index contributed by atoms with van der Waals surface area (Å²) in [6.45, 7) is 8.22. The molecule has 0 fully saturated rings. The van der Waals surface area contributed by atoms with Crippen LogP contribution in [-0.4, -0.2) is 25.5 Å². The van der Waals surface area contributed by atoms with Gasteiger partial charge in [-0.1, -0.05) is 33.6 Å². The molecule has 0 aromatic heterocycles. The van der Waals surface area contributed by atoms with Gasteiger partial charge in [0.2, 0.25) is 0 Å². The molecule has 0 amide bonds. The van der Waals surface area contributed by atoms with Crippen molar-refractivity contribution in [1.29, 1.82) is 0 Å². The van der Waals surface area contributed by atoms with E-state index in [0.29, 0.717) is 0 Å². The molecular weight excluding hydrogens is 146 g/mol. The maximum absolute atomic E-state index is 2.38. The molecule has 0 bridgehead atoms. The minimum absolute atomic E-state index is 0.898. The van der Waals surface area contributed by atoms with E-state index in [0.717, 1.165) is 11.8 Å². The van der Waals surface area contributed by atoms with Crippen molar-refractivity contribution in [1.82, 2.24) is 4.90 Å². The molecule has 0 heterocycles. The SMILES string of the molecule is CCC(C)C(CC)CCN(C)C. The highest BCUT2D eigenvalue weighted by Crippen LogP contribution is 2.21. The van der Waals surface area contributed by atoms with Crippen LogP contribution in [0, 0.1) is 11.8 Å². The molecule has 0 aromatic rings. The van der Waals surface area contributed by atoms with Crippen molar-refractivity contribution in [3.05, 3.63) is 0 Å². The van der Waals surface area contributed by atoms with E-state index in [9.17, 15) is 0 Å². The van der Waals surface area contributed by atoms with E-state index < -0.39 is 0 Å². The molecule has 0 saturated heterocycles. The van der Waals surface area contributed by atoms with E-state index in [1.807, 2.05) is 0 Å². The van der Waals surface area contributed by atoms with Crippen LogP contribution in [0.2, 0.25) is 0 Å². The summed E-state index contributed by atoms with van der Waals surface area (Å²) in [5, 5.41) is 0. The summed E-state index contributed by atoms with van der Waals surface area (Å²) < 4.78 is 0. The largest absolute Gasteiger partial charge is 0.309 e. The average Bonchev–Trinajstić information content (AvgIpc) is 2.04. The smallest absolute Gasteiger partial charge is 0.00221 e. The van der Waals surface area contributed by atoms with E-state index in [1.54, 1.807) is 0 Å². The Hall–Kier alpha value is -0.0400. The van der Waals surface area contributed by atoms with E-state index >= 15 is 0 Å². The fourth-order valence-electron chi connectivity index (χ4n) is 1.65. The van der Waals surface area contributed by atoms with Crippen LogP contribution in [0.25, 0.3) is 0 Å². The monoisotopic (exact) mass is 171 g/mol. The van der Waals surface area contributed by atoms with Gasteiger partial charge in [-0.15, -0.1) is 0 Å². The van der Waals surface area contributed by atoms with Crippen molar-refractivity contribution in [3.63, 3.8) is 0 Å². The predicted molar refractivity (Wildman–Crippen MR) is 56.4 cm³/mol. The summed E-state index contributed by atoms with van der Waals surface area (Å²) in [7, 11) is 4.31. The topological polar surface area (TPSA) is 3.24 Å². The average molecular weight is 171 g/mol. The second-order valence-corrected chi connectivity index (χ2v) is 4.15. The van der Waals surface area contributed by atoms with E-state index in [4.69, 9.17) is 0 Å². The Morgan fingerprint density at radius 2 is 1.67 bits per heavy atom. The molecule has 2 atom stereocenters. The molecule has 0 aliphatic carbocycles. The summed E-state index contributed by atoms with van der Waals surface area (Å²) in [5.74, 6) is 1.83. The summed E-state index contributed by atoms with van der Waals surface area (Å²) in [5.41, 5.74) is 0. The van der Waals surface area contributed by atoms with Gasteiger partial charge in [0.1, 0.15) is 0 Å². The maximum Gasteiger partial charge on any atom is -0.00221 e. The van der Waals surface area contributed by atoms with E-state index in [2.05, 4.69) is 39.8 Å². The zero-order valence-corrected chi connectivity index (χ0v) is 9.43. The molecule has 0 radical (unpaired) electrons. The Labute approximate surface area is 78.1 Å². The van der Waals surface area contributed by atoms with Crippen LogP contribution < -0.4 is 0 Å². The van der Waals surface area contributed by atoms with Crippen molar-refractivity contribution in [2.24, 2.45) is 11.8 Å². The molecule has 0 saturated carbocycles. The lowest BCUT2D eigenvalue weighted by Gasteiger charge is -2.22. The van der Waals surface area contributed by atoms with Crippen LogP contribution in [0.1, 0.15) is 40.0 Å². The zero-order chi connectivity index (χ0) is 9.56. The first-order valence-corrected chi connectivity index (χ1v) is 5.26. The molecule has 74 valence electrons. The second-order valence-electron chi connectivity index (χ2n) is 4.15. The highest BCUT2D eigenvalue weighted by atomic mass is 15.0. The standard InChI is InChI=1S/C11H25N/c1-6-10(3)11(7-2)8-9-12(4)5/h10-11H,6-9H2,1-5H3. The van der Waals surface area contributed by atoms with Crippen LogP contribution in [0.3, 0.4) is 0 Å². The van der Waals surface area contributed by atoms with Gasteiger partial charge in [0.05, 0.1) is 0 Å². The van der Waals surface area contributed by atoms with Gasteiger partial charge in [-0.05, 0) is 38.9 Å². The molecule has 0 aromatic carbocycles. The van der Waals surface area contributed by atoms with Gasteiger partial charge < -0.3 is 4.90 Å². The van der Waals surface area contributed by atoms with Crippen molar-refractivity contribution in [2.45, 2.75) is 40.0 Å². The third kappa shape index (κ3) is 4.76.